The maximum atomic E-state index is 13.2. The molecule has 1 aromatic heterocycles. The summed E-state index contributed by atoms with van der Waals surface area (Å²) in [6.07, 6.45) is 1.84. The standard InChI is InChI=1S/C29H43N5O8S2/c1-16(2)22-24(37)41-18(11-9-10-12-43-25(38)17(3)31-27(40)42-28(4,5)6)13-20(35)30-14-21-32-19(15-44-21)23(36)34-29(7,8)26(39)33-22/h9,11,15-18,22H,10,12-14H2,1-8H3,(H,30,35)(H,31,40)(H,33,39)(H,34,36)/b11-9+/t17?,18-,22+/m1/s1. The van der Waals surface area contributed by atoms with Gasteiger partial charge in [-0.3, -0.25) is 19.2 Å². The van der Waals surface area contributed by atoms with Crippen LogP contribution >= 0.6 is 23.1 Å². The quantitative estimate of drug-likeness (QED) is 0.194. The lowest BCUT2D eigenvalue weighted by atomic mass is 9.99. The van der Waals surface area contributed by atoms with Crippen LogP contribution in [0.5, 0.6) is 0 Å². The second kappa shape index (κ2) is 16.0. The molecule has 0 radical (unpaired) electrons. The molecule has 244 valence electrons. The monoisotopic (exact) mass is 653 g/mol. The molecule has 44 heavy (non-hydrogen) atoms. The van der Waals surface area contributed by atoms with Gasteiger partial charge < -0.3 is 30.7 Å². The number of rotatable bonds is 7. The van der Waals surface area contributed by atoms with E-state index in [0.717, 1.165) is 11.8 Å². The zero-order valence-electron chi connectivity index (χ0n) is 26.4. The van der Waals surface area contributed by atoms with Gasteiger partial charge in [0.2, 0.25) is 16.9 Å². The topological polar surface area (TPSA) is 182 Å². The van der Waals surface area contributed by atoms with Gasteiger partial charge in [-0.1, -0.05) is 31.7 Å². The van der Waals surface area contributed by atoms with Gasteiger partial charge in [0.05, 0.1) is 19.0 Å². The van der Waals surface area contributed by atoms with E-state index in [-0.39, 0.29) is 29.7 Å². The molecule has 1 aliphatic rings. The Kier molecular flexibility index (Phi) is 13.4. The maximum Gasteiger partial charge on any atom is 0.408 e. The molecule has 1 aliphatic heterocycles. The Morgan fingerprint density at radius 1 is 1.23 bits per heavy atom. The van der Waals surface area contributed by atoms with Gasteiger partial charge in [0.25, 0.3) is 5.91 Å². The van der Waals surface area contributed by atoms with Gasteiger partial charge in [-0.2, -0.15) is 0 Å². The van der Waals surface area contributed by atoms with E-state index in [1.165, 1.54) is 30.6 Å². The first-order chi connectivity index (χ1) is 20.4. The minimum absolute atomic E-state index is 0.0634. The van der Waals surface area contributed by atoms with E-state index < -0.39 is 59.1 Å². The number of hydrogen-bond donors (Lipinski definition) is 4. The van der Waals surface area contributed by atoms with Crippen molar-refractivity contribution in [3.8, 4) is 0 Å². The number of thiazole rings is 1. The summed E-state index contributed by atoms with van der Waals surface area (Å²) in [7, 11) is 0. The third kappa shape index (κ3) is 12.3. The summed E-state index contributed by atoms with van der Waals surface area (Å²) in [5, 5.41) is 12.3. The number of allylic oxidation sites excluding steroid dienone is 1. The van der Waals surface area contributed by atoms with Crippen molar-refractivity contribution in [1.82, 2.24) is 26.3 Å². The molecule has 0 saturated carbocycles. The molecule has 0 aromatic carbocycles. The van der Waals surface area contributed by atoms with Crippen LogP contribution in [0, 0.1) is 5.92 Å². The highest BCUT2D eigenvalue weighted by atomic mass is 32.2. The van der Waals surface area contributed by atoms with E-state index in [1.54, 1.807) is 53.7 Å². The summed E-state index contributed by atoms with van der Waals surface area (Å²) in [6, 6.07) is -1.81. The van der Waals surface area contributed by atoms with Crippen molar-refractivity contribution in [1.29, 1.82) is 0 Å². The molecule has 2 bridgehead atoms. The third-order valence-electron chi connectivity index (χ3n) is 6.04. The van der Waals surface area contributed by atoms with Gasteiger partial charge in [0.15, 0.2) is 0 Å². The van der Waals surface area contributed by atoms with Gasteiger partial charge in [0.1, 0.15) is 34.0 Å². The molecule has 2 heterocycles. The fourth-order valence-corrected chi connectivity index (χ4v) is 5.14. The number of carbonyl (C=O) groups is 6. The number of carbonyl (C=O) groups excluding carboxylic acids is 6. The van der Waals surface area contributed by atoms with Gasteiger partial charge in [-0.15, -0.1) is 11.3 Å². The largest absolute Gasteiger partial charge is 0.456 e. The number of nitrogens with one attached hydrogen (secondary N) is 4. The summed E-state index contributed by atoms with van der Waals surface area (Å²) in [6.45, 7) is 13.3. The van der Waals surface area contributed by atoms with Gasteiger partial charge in [0, 0.05) is 11.1 Å². The number of ether oxygens (including phenoxy) is 2. The summed E-state index contributed by atoms with van der Waals surface area (Å²) in [5.41, 5.74) is -1.94. The Morgan fingerprint density at radius 2 is 1.91 bits per heavy atom. The molecule has 1 unspecified atom stereocenters. The van der Waals surface area contributed by atoms with Crippen molar-refractivity contribution in [2.75, 3.05) is 5.75 Å². The van der Waals surface area contributed by atoms with Crippen molar-refractivity contribution < 1.29 is 38.2 Å². The number of hydrogen-bond acceptors (Lipinski definition) is 11. The van der Waals surface area contributed by atoms with Crippen LogP contribution in [0.2, 0.25) is 0 Å². The van der Waals surface area contributed by atoms with Crippen LogP contribution in [0.15, 0.2) is 17.5 Å². The highest BCUT2D eigenvalue weighted by Gasteiger charge is 2.36. The van der Waals surface area contributed by atoms with Crippen LogP contribution in [-0.4, -0.2) is 75.0 Å². The van der Waals surface area contributed by atoms with Gasteiger partial charge in [-0.05, 0) is 60.0 Å². The fourth-order valence-electron chi connectivity index (χ4n) is 3.66. The molecule has 15 heteroatoms. The van der Waals surface area contributed by atoms with E-state index in [4.69, 9.17) is 9.47 Å². The SMILES string of the molecule is CC(NC(=O)OC(C)(C)C)C(=O)SCC/C=C/[C@@H]1CC(=O)NCc2nc(cs2)C(=O)NC(C)(C)C(=O)N[C@@H](C(C)C)C(=O)O1. The number of alkyl carbamates (subject to hydrolysis) is 1. The van der Waals surface area contributed by atoms with Crippen molar-refractivity contribution in [2.45, 2.75) is 104 Å². The van der Waals surface area contributed by atoms with Crippen LogP contribution in [0.25, 0.3) is 0 Å². The summed E-state index contributed by atoms with van der Waals surface area (Å²) in [4.78, 5) is 80.4. The Morgan fingerprint density at radius 3 is 2.55 bits per heavy atom. The zero-order chi connectivity index (χ0) is 33.2. The number of cyclic esters (lactones) is 1. The first-order valence-electron chi connectivity index (χ1n) is 14.3. The van der Waals surface area contributed by atoms with E-state index in [9.17, 15) is 28.8 Å². The normalized spacial score (nSPS) is 20.8. The van der Waals surface area contributed by atoms with E-state index >= 15 is 0 Å². The molecule has 0 spiro atoms. The minimum atomic E-state index is -1.37. The first-order valence-corrected chi connectivity index (χ1v) is 16.1. The smallest absolute Gasteiger partial charge is 0.408 e. The van der Waals surface area contributed by atoms with E-state index in [2.05, 4.69) is 26.3 Å². The molecule has 4 amide bonds. The van der Waals surface area contributed by atoms with Crippen molar-refractivity contribution in [3.63, 3.8) is 0 Å². The van der Waals surface area contributed by atoms with Crippen LogP contribution in [0.4, 0.5) is 4.79 Å². The maximum absolute atomic E-state index is 13.2. The average molecular weight is 654 g/mol. The number of fused-ring (bicyclic) bond motifs is 2. The van der Waals surface area contributed by atoms with E-state index in [0.29, 0.717) is 17.2 Å². The Bertz CT molecular complexity index is 1250. The predicted octanol–water partition coefficient (Wildman–Crippen LogP) is 2.84. The Labute approximate surface area is 266 Å². The van der Waals surface area contributed by atoms with E-state index in [1.807, 2.05) is 0 Å². The fraction of sp³-hybridized carbons (Fsp3) is 0.621. The van der Waals surface area contributed by atoms with Crippen molar-refractivity contribution >= 4 is 58.0 Å². The van der Waals surface area contributed by atoms with Crippen LogP contribution < -0.4 is 21.3 Å². The first kappa shape index (κ1) is 36.7. The number of amides is 4. The molecule has 1 aromatic rings. The molecule has 2 rings (SSSR count). The Balaban J connectivity index is 2.12. The summed E-state index contributed by atoms with van der Waals surface area (Å²) in [5.74, 6) is -2.30. The molecule has 0 saturated heterocycles. The number of nitrogens with zero attached hydrogens (tertiary/aromatic N) is 1. The average Bonchev–Trinajstić information content (AvgIpc) is 3.37. The highest BCUT2D eigenvalue weighted by molar-refractivity contribution is 8.13. The molecule has 0 fully saturated rings. The van der Waals surface area contributed by atoms with Crippen LogP contribution in [-0.2, 0) is 35.2 Å². The number of esters is 1. The summed E-state index contributed by atoms with van der Waals surface area (Å²) >= 11 is 2.21. The van der Waals surface area contributed by atoms with Gasteiger partial charge in [-0.25, -0.2) is 14.6 Å². The molecule has 13 nitrogen and oxygen atoms in total. The lowest BCUT2D eigenvalue weighted by Gasteiger charge is -2.29. The molecule has 3 atom stereocenters. The van der Waals surface area contributed by atoms with Gasteiger partial charge >= 0.3 is 12.1 Å². The molecule has 0 aliphatic carbocycles. The highest BCUT2D eigenvalue weighted by Crippen LogP contribution is 2.16. The molecular weight excluding hydrogens is 610 g/mol. The van der Waals surface area contributed by atoms with Crippen LogP contribution in [0.1, 0.15) is 83.7 Å². The lowest BCUT2D eigenvalue weighted by Crippen LogP contribution is -2.59. The van der Waals surface area contributed by atoms with Crippen molar-refractivity contribution in [2.24, 2.45) is 5.92 Å². The minimum Gasteiger partial charge on any atom is -0.456 e. The Hall–Kier alpha value is -3.46. The third-order valence-corrected chi connectivity index (χ3v) is 7.97. The molecule has 4 N–H and O–H groups in total. The predicted molar refractivity (Wildman–Crippen MR) is 167 cm³/mol. The second-order valence-electron chi connectivity index (χ2n) is 12.1. The van der Waals surface area contributed by atoms with Crippen molar-refractivity contribution in [3.05, 3.63) is 28.2 Å². The zero-order valence-corrected chi connectivity index (χ0v) is 28.0. The summed E-state index contributed by atoms with van der Waals surface area (Å²) < 4.78 is 10.8. The number of thioether (sulfide) groups is 1. The van der Waals surface area contributed by atoms with Crippen LogP contribution in [0.3, 0.4) is 0 Å². The second-order valence-corrected chi connectivity index (χ2v) is 14.2. The lowest BCUT2D eigenvalue weighted by molar-refractivity contribution is -0.153. The molecular formula is C29H43N5O8S2. The number of aromatic nitrogens is 1.